The molecular weight excluding hydrogens is 232 g/mol. The molecule has 2 nitrogen and oxygen atoms in total. The first-order chi connectivity index (χ1) is 7.93. The Morgan fingerprint density at radius 3 is 2.71 bits per heavy atom. The van der Waals surface area contributed by atoms with Crippen LogP contribution in [0.15, 0.2) is 30.5 Å². The summed E-state index contributed by atoms with van der Waals surface area (Å²) in [5.41, 5.74) is 2.76. The zero-order valence-corrected chi connectivity index (χ0v) is 10.7. The van der Waals surface area contributed by atoms with E-state index in [4.69, 9.17) is 0 Å². The van der Waals surface area contributed by atoms with Crippen LogP contribution in [-0.2, 0) is 6.42 Å². The predicted molar refractivity (Wildman–Crippen MR) is 74.8 cm³/mol. The third-order valence-corrected chi connectivity index (χ3v) is 3.64. The second-order valence-corrected chi connectivity index (χ2v) is 4.76. The molecule has 2 heterocycles. The Kier molecular flexibility index (Phi) is 4.08. The number of halogens is 1. The Balaban J connectivity index is 0.00000108. The van der Waals surface area contributed by atoms with E-state index in [2.05, 4.69) is 40.8 Å². The van der Waals surface area contributed by atoms with Crippen LogP contribution in [-0.4, -0.2) is 18.1 Å². The Morgan fingerprint density at radius 1 is 1.12 bits per heavy atom. The van der Waals surface area contributed by atoms with Crippen molar-refractivity contribution in [1.82, 2.24) is 10.3 Å². The molecule has 0 unspecified atom stereocenters. The molecule has 2 N–H and O–H groups in total. The zero-order valence-electron chi connectivity index (χ0n) is 9.91. The number of piperidine rings is 1. The highest BCUT2D eigenvalue weighted by Gasteiger charge is 2.15. The molecule has 1 aromatic carbocycles. The van der Waals surface area contributed by atoms with Gasteiger partial charge < -0.3 is 10.3 Å². The number of rotatable bonds is 2. The van der Waals surface area contributed by atoms with Crippen LogP contribution in [0.25, 0.3) is 10.9 Å². The van der Waals surface area contributed by atoms with E-state index >= 15 is 0 Å². The number of para-hydroxylation sites is 1. The zero-order chi connectivity index (χ0) is 10.8. The molecule has 1 fully saturated rings. The number of hydrogen-bond acceptors (Lipinski definition) is 1. The fourth-order valence-electron chi connectivity index (χ4n) is 2.70. The fraction of sp³-hybridized carbons (Fsp3) is 0.429. The summed E-state index contributed by atoms with van der Waals surface area (Å²) in [7, 11) is 0. The minimum atomic E-state index is 0. The third-order valence-electron chi connectivity index (χ3n) is 3.64. The number of H-pyrrole nitrogens is 1. The molecule has 1 aliphatic heterocycles. The van der Waals surface area contributed by atoms with Gasteiger partial charge in [0.25, 0.3) is 0 Å². The molecule has 2 aromatic rings. The predicted octanol–water partition coefficient (Wildman–Crippen LogP) is 3.13. The van der Waals surface area contributed by atoms with E-state index in [1.807, 2.05) is 0 Å². The van der Waals surface area contributed by atoms with E-state index in [1.165, 1.54) is 48.8 Å². The number of aromatic nitrogens is 1. The van der Waals surface area contributed by atoms with Crippen molar-refractivity contribution in [2.75, 3.05) is 13.1 Å². The van der Waals surface area contributed by atoms with Crippen molar-refractivity contribution < 1.29 is 0 Å². The van der Waals surface area contributed by atoms with Gasteiger partial charge in [-0.2, -0.15) is 0 Å². The molecular formula is C14H19ClN2. The van der Waals surface area contributed by atoms with Crippen molar-refractivity contribution in [1.29, 1.82) is 0 Å². The maximum Gasteiger partial charge on any atom is 0.0456 e. The van der Waals surface area contributed by atoms with Gasteiger partial charge in [0.15, 0.2) is 0 Å². The molecule has 3 heteroatoms. The molecule has 0 spiro atoms. The molecule has 3 rings (SSSR count). The summed E-state index contributed by atoms with van der Waals surface area (Å²) in [6.07, 6.45) is 6.05. The monoisotopic (exact) mass is 250 g/mol. The molecule has 1 aromatic heterocycles. The molecule has 17 heavy (non-hydrogen) atoms. The van der Waals surface area contributed by atoms with Gasteiger partial charge in [-0.05, 0) is 49.9 Å². The van der Waals surface area contributed by atoms with Crippen LogP contribution in [0.3, 0.4) is 0 Å². The molecule has 0 amide bonds. The van der Waals surface area contributed by atoms with Crippen molar-refractivity contribution in [3.05, 3.63) is 36.0 Å². The Hall–Kier alpha value is -0.990. The molecule has 0 radical (unpaired) electrons. The SMILES string of the molecule is Cl.c1ccc2c(CC3CCNCC3)c[nH]c2c1. The van der Waals surface area contributed by atoms with E-state index in [1.54, 1.807) is 0 Å². The van der Waals surface area contributed by atoms with Crippen molar-refractivity contribution in [2.45, 2.75) is 19.3 Å². The first-order valence-electron chi connectivity index (χ1n) is 6.19. The third kappa shape index (κ3) is 2.64. The molecule has 0 aliphatic carbocycles. The second kappa shape index (κ2) is 5.56. The van der Waals surface area contributed by atoms with Crippen LogP contribution in [0, 0.1) is 5.92 Å². The number of nitrogens with one attached hydrogen (secondary N) is 2. The van der Waals surface area contributed by atoms with Crippen LogP contribution >= 0.6 is 12.4 Å². The Morgan fingerprint density at radius 2 is 1.88 bits per heavy atom. The summed E-state index contributed by atoms with van der Waals surface area (Å²) in [4.78, 5) is 3.36. The summed E-state index contributed by atoms with van der Waals surface area (Å²) >= 11 is 0. The molecule has 1 aliphatic rings. The highest BCUT2D eigenvalue weighted by Crippen LogP contribution is 2.24. The Labute approximate surface area is 108 Å². The van der Waals surface area contributed by atoms with Gasteiger partial charge in [-0.25, -0.2) is 0 Å². The molecule has 92 valence electrons. The number of benzene rings is 1. The largest absolute Gasteiger partial charge is 0.361 e. The average Bonchev–Trinajstić information content (AvgIpc) is 2.74. The number of fused-ring (bicyclic) bond motifs is 1. The van der Waals surface area contributed by atoms with Crippen LogP contribution in [0.5, 0.6) is 0 Å². The van der Waals surface area contributed by atoms with Crippen LogP contribution in [0.2, 0.25) is 0 Å². The lowest BCUT2D eigenvalue weighted by Crippen LogP contribution is -2.28. The van der Waals surface area contributed by atoms with Crippen molar-refractivity contribution in [3.63, 3.8) is 0 Å². The minimum absolute atomic E-state index is 0. The molecule has 1 saturated heterocycles. The maximum atomic E-state index is 3.42. The highest BCUT2D eigenvalue weighted by atomic mass is 35.5. The lowest BCUT2D eigenvalue weighted by molar-refractivity contribution is 0.373. The van der Waals surface area contributed by atoms with Crippen LogP contribution in [0.4, 0.5) is 0 Å². The normalized spacial score (nSPS) is 16.9. The standard InChI is InChI=1S/C14H18N2.ClH/c1-2-4-14-13(3-1)12(10-16-14)9-11-5-7-15-8-6-11;/h1-4,10-11,15-16H,5-9H2;1H. The topological polar surface area (TPSA) is 27.8 Å². The van der Waals surface area contributed by atoms with Gasteiger partial charge in [0.2, 0.25) is 0 Å². The fourth-order valence-corrected chi connectivity index (χ4v) is 2.70. The van der Waals surface area contributed by atoms with Crippen LogP contribution < -0.4 is 5.32 Å². The number of aromatic amines is 1. The van der Waals surface area contributed by atoms with Crippen LogP contribution in [0.1, 0.15) is 18.4 Å². The van der Waals surface area contributed by atoms with Crippen molar-refractivity contribution >= 4 is 23.3 Å². The number of hydrogen-bond donors (Lipinski definition) is 2. The first-order valence-corrected chi connectivity index (χ1v) is 6.19. The van der Waals surface area contributed by atoms with Gasteiger partial charge >= 0.3 is 0 Å². The summed E-state index contributed by atoms with van der Waals surface area (Å²) in [6.45, 7) is 2.38. The molecule has 0 atom stereocenters. The van der Waals surface area contributed by atoms with Crippen molar-refractivity contribution in [2.24, 2.45) is 5.92 Å². The smallest absolute Gasteiger partial charge is 0.0456 e. The lowest BCUT2D eigenvalue weighted by Gasteiger charge is -2.22. The van der Waals surface area contributed by atoms with E-state index < -0.39 is 0 Å². The molecule has 0 bridgehead atoms. The minimum Gasteiger partial charge on any atom is -0.361 e. The quantitative estimate of drug-likeness (QED) is 0.842. The van der Waals surface area contributed by atoms with Gasteiger partial charge in [0.05, 0.1) is 0 Å². The lowest BCUT2D eigenvalue weighted by atomic mass is 9.91. The summed E-state index contributed by atoms with van der Waals surface area (Å²) in [6, 6.07) is 8.60. The van der Waals surface area contributed by atoms with Gasteiger partial charge in [0, 0.05) is 17.1 Å². The van der Waals surface area contributed by atoms with Gasteiger partial charge in [-0.3, -0.25) is 0 Å². The van der Waals surface area contributed by atoms with E-state index in [0.29, 0.717) is 0 Å². The summed E-state index contributed by atoms with van der Waals surface area (Å²) in [5.74, 6) is 0.862. The van der Waals surface area contributed by atoms with E-state index in [0.717, 1.165) is 5.92 Å². The molecule has 0 saturated carbocycles. The summed E-state index contributed by atoms with van der Waals surface area (Å²) < 4.78 is 0. The van der Waals surface area contributed by atoms with Crippen molar-refractivity contribution in [3.8, 4) is 0 Å². The van der Waals surface area contributed by atoms with E-state index in [-0.39, 0.29) is 12.4 Å². The van der Waals surface area contributed by atoms with E-state index in [9.17, 15) is 0 Å². The van der Waals surface area contributed by atoms with Gasteiger partial charge in [-0.1, -0.05) is 18.2 Å². The second-order valence-electron chi connectivity index (χ2n) is 4.76. The van der Waals surface area contributed by atoms with Gasteiger partial charge in [-0.15, -0.1) is 12.4 Å². The maximum absolute atomic E-state index is 3.42. The highest BCUT2D eigenvalue weighted by molar-refractivity contribution is 5.85. The average molecular weight is 251 g/mol. The van der Waals surface area contributed by atoms with Gasteiger partial charge in [0.1, 0.15) is 0 Å². The Bertz CT molecular complexity index is 472. The summed E-state index contributed by atoms with van der Waals surface area (Å²) in [5, 5.41) is 4.83. The first kappa shape index (κ1) is 12.5.